The second kappa shape index (κ2) is 9.97. The van der Waals surface area contributed by atoms with Crippen molar-refractivity contribution >= 4 is 23.6 Å². The van der Waals surface area contributed by atoms with Crippen molar-refractivity contribution in [3.63, 3.8) is 0 Å². The Morgan fingerprint density at radius 1 is 1.23 bits per heavy atom. The Balaban J connectivity index is 1.98. The molecular formula is C20H24N2O3S. The van der Waals surface area contributed by atoms with Crippen LogP contribution in [-0.4, -0.2) is 29.5 Å². The molecular weight excluding hydrogens is 348 g/mol. The van der Waals surface area contributed by atoms with Crippen LogP contribution in [0.4, 0.5) is 0 Å². The lowest BCUT2D eigenvalue weighted by atomic mass is 10.2. The zero-order chi connectivity index (χ0) is 18.9. The van der Waals surface area contributed by atoms with Crippen molar-refractivity contribution < 1.29 is 14.3 Å². The third kappa shape index (κ3) is 6.19. The smallest absolute Gasteiger partial charge is 0.341 e. The highest BCUT2D eigenvalue weighted by molar-refractivity contribution is 7.99. The van der Waals surface area contributed by atoms with Gasteiger partial charge in [-0.05, 0) is 44.5 Å². The van der Waals surface area contributed by atoms with Crippen LogP contribution in [0.3, 0.4) is 0 Å². The summed E-state index contributed by atoms with van der Waals surface area (Å²) in [6.45, 7) is 5.71. The number of amides is 1. The minimum absolute atomic E-state index is 0.0669. The fraction of sp³-hybridized carbons (Fsp3) is 0.350. The minimum Gasteiger partial charge on any atom is -0.452 e. The van der Waals surface area contributed by atoms with Gasteiger partial charge in [0.1, 0.15) is 5.03 Å². The molecule has 0 aliphatic rings. The third-order valence-electron chi connectivity index (χ3n) is 3.69. The summed E-state index contributed by atoms with van der Waals surface area (Å²) in [7, 11) is 0. The van der Waals surface area contributed by atoms with Crippen LogP contribution in [0.25, 0.3) is 0 Å². The zero-order valence-electron chi connectivity index (χ0n) is 15.3. The number of carbonyl (C=O) groups excluding carboxylic acids is 2. The SMILES string of the molecule is CCC[C@H](C)NC(=O)COC(=O)c1cccnc1Sc1ccc(C)cc1. The molecule has 1 amide bonds. The van der Waals surface area contributed by atoms with E-state index < -0.39 is 5.97 Å². The molecule has 2 rings (SSSR count). The largest absolute Gasteiger partial charge is 0.452 e. The van der Waals surface area contributed by atoms with Gasteiger partial charge in [-0.2, -0.15) is 0 Å². The molecule has 5 nitrogen and oxygen atoms in total. The van der Waals surface area contributed by atoms with Crippen LogP contribution in [0.1, 0.15) is 42.6 Å². The van der Waals surface area contributed by atoms with Crippen LogP contribution in [0.5, 0.6) is 0 Å². The predicted octanol–water partition coefficient (Wildman–Crippen LogP) is 4.00. The van der Waals surface area contributed by atoms with Crippen molar-refractivity contribution in [2.75, 3.05) is 6.61 Å². The van der Waals surface area contributed by atoms with Gasteiger partial charge >= 0.3 is 5.97 Å². The van der Waals surface area contributed by atoms with E-state index in [1.165, 1.54) is 17.3 Å². The van der Waals surface area contributed by atoms with Gasteiger partial charge in [-0.15, -0.1) is 0 Å². The molecule has 0 radical (unpaired) electrons. The molecule has 0 saturated carbocycles. The molecule has 0 fully saturated rings. The molecule has 1 atom stereocenters. The number of hydrogen-bond acceptors (Lipinski definition) is 5. The molecule has 0 aliphatic heterocycles. The first-order chi connectivity index (χ1) is 12.5. The average Bonchev–Trinajstić information content (AvgIpc) is 2.62. The normalized spacial score (nSPS) is 11.7. The monoisotopic (exact) mass is 372 g/mol. The Bertz CT molecular complexity index is 747. The lowest BCUT2D eigenvalue weighted by Gasteiger charge is -2.13. The Hall–Kier alpha value is -2.34. The molecule has 0 aliphatic carbocycles. The van der Waals surface area contributed by atoms with E-state index in [1.807, 2.05) is 38.1 Å². The fourth-order valence-corrected chi connectivity index (χ4v) is 3.25. The summed E-state index contributed by atoms with van der Waals surface area (Å²) in [6.07, 6.45) is 3.50. The quantitative estimate of drug-likeness (QED) is 0.709. The molecule has 26 heavy (non-hydrogen) atoms. The molecule has 0 spiro atoms. The second-order valence-corrected chi connectivity index (χ2v) is 7.17. The van der Waals surface area contributed by atoms with Gasteiger partial charge in [0.2, 0.25) is 0 Å². The number of hydrogen-bond donors (Lipinski definition) is 1. The Morgan fingerprint density at radius 3 is 2.65 bits per heavy atom. The van der Waals surface area contributed by atoms with Gasteiger partial charge in [0.15, 0.2) is 6.61 Å². The van der Waals surface area contributed by atoms with Crippen LogP contribution in [-0.2, 0) is 9.53 Å². The van der Waals surface area contributed by atoms with Gasteiger partial charge in [-0.3, -0.25) is 4.79 Å². The van der Waals surface area contributed by atoms with Crippen LogP contribution >= 0.6 is 11.8 Å². The van der Waals surface area contributed by atoms with Gasteiger partial charge in [0, 0.05) is 17.1 Å². The fourth-order valence-electron chi connectivity index (χ4n) is 2.38. The maximum atomic E-state index is 12.4. The lowest BCUT2D eigenvalue weighted by Crippen LogP contribution is -2.35. The van der Waals surface area contributed by atoms with E-state index in [9.17, 15) is 9.59 Å². The number of aromatic nitrogens is 1. The molecule has 138 valence electrons. The molecule has 6 heteroatoms. The van der Waals surface area contributed by atoms with Crippen LogP contribution in [0.2, 0.25) is 0 Å². The summed E-state index contributed by atoms with van der Waals surface area (Å²) < 4.78 is 5.16. The number of nitrogens with zero attached hydrogens (tertiary/aromatic N) is 1. The predicted molar refractivity (Wildman–Crippen MR) is 102 cm³/mol. The van der Waals surface area contributed by atoms with E-state index in [-0.39, 0.29) is 18.6 Å². The summed E-state index contributed by atoms with van der Waals surface area (Å²) in [5, 5.41) is 3.37. The molecule has 1 aromatic carbocycles. The zero-order valence-corrected chi connectivity index (χ0v) is 16.1. The molecule has 0 unspecified atom stereocenters. The highest BCUT2D eigenvalue weighted by atomic mass is 32.2. The van der Waals surface area contributed by atoms with E-state index in [0.29, 0.717) is 10.6 Å². The molecule has 1 N–H and O–H groups in total. The Labute approximate surface area is 158 Å². The molecule has 0 bridgehead atoms. The number of benzene rings is 1. The lowest BCUT2D eigenvalue weighted by molar-refractivity contribution is -0.124. The standard InChI is InChI=1S/C20H24N2O3S/c1-4-6-15(3)22-18(23)13-25-20(24)17-7-5-12-21-19(17)26-16-10-8-14(2)9-11-16/h5,7-12,15H,4,6,13H2,1-3H3,(H,22,23)/t15-/m0/s1. The van der Waals surface area contributed by atoms with Crippen LogP contribution in [0.15, 0.2) is 52.5 Å². The van der Waals surface area contributed by atoms with Crippen molar-refractivity contribution in [3.8, 4) is 0 Å². The number of carbonyl (C=O) groups is 2. The summed E-state index contributed by atoms with van der Waals surface area (Å²) in [5.74, 6) is -0.845. The third-order valence-corrected chi connectivity index (χ3v) is 4.72. The second-order valence-electron chi connectivity index (χ2n) is 6.10. The number of nitrogens with one attached hydrogen (secondary N) is 1. The van der Waals surface area contributed by atoms with Gasteiger partial charge < -0.3 is 10.1 Å². The summed E-state index contributed by atoms with van der Waals surface area (Å²) in [5.41, 5.74) is 1.52. The maximum Gasteiger partial charge on any atom is 0.341 e. The van der Waals surface area contributed by atoms with Crippen molar-refractivity contribution in [2.45, 2.75) is 49.6 Å². The van der Waals surface area contributed by atoms with Crippen LogP contribution in [0, 0.1) is 6.92 Å². The van der Waals surface area contributed by atoms with Crippen molar-refractivity contribution in [1.29, 1.82) is 0 Å². The van der Waals surface area contributed by atoms with Gasteiger partial charge in [0.25, 0.3) is 5.91 Å². The summed E-state index contributed by atoms with van der Waals surface area (Å²) in [4.78, 5) is 29.5. The highest BCUT2D eigenvalue weighted by Crippen LogP contribution is 2.29. The number of esters is 1. The number of ether oxygens (including phenoxy) is 1. The van der Waals surface area contributed by atoms with Gasteiger partial charge in [0.05, 0.1) is 5.56 Å². The minimum atomic E-state index is -0.550. The van der Waals surface area contributed by atoms with E-state index in [4.69, 9.17) is 4.74 Å². The number of rotatable bonds is 8. The number of pyridine rings is 1. The van der Waals surface area contributed by atoms with Crippen molar-refractivity contribution in [1.82, 2.24) is 10.3 Å². The topological polar surface area (TPSA) is 68.3 Å². The first kappa shape index (κ1) is 20.0. The number of aryl methyl sites for hydroxylation is 1. The van der Waals surface area contributed by atoms with E-state index >= 15 is 0 Å². The molecule has 1 heterocycles. The van der Waals surface area contributed by atoms with E-state index in [1.54, 1.807) is 18.3 Å². The summed E-state index contributed by atoms with van der Waals surface area (Å²) >= 11 is 1.39. The maximum absolute atomic E-state index is 12.4. The average molecular weight is 372 g/mol. The first-order valence-electron chi connectivity index (χ1n) is 8.65. The first-order valence-corrected chi connectivity index (χ1v) is 9.47. The summed E-state index contributed by atoms with van der Waals surface area (Å²) in [6, 6.07) is 11.4. The Kier molecular flexibility index (Phi) is 7.66. The van der Waals surface area contributed by atoms with E-state index in [2.05, 4.69) is 17.2 Å². The van der Waals surface area contributed by atoms with Crippen molar-refractivity contribution in [3.05, 3.63) is 53.7 Å². The molecule has 0 saturated heterocycles. The van der Waals surface area contributed by atoms with Gasteiger partial charge in [-0.1, -0.05) is 42.8 Å². The highest BCUT2D eigenvalue weighted by Gasteiger charge is 2.17. The Morgan fingerprint density at radius 2 is 1.96 bits per heavy atom. The molecule has 2 aromatic rings. The molecule has 1 aromatic heterocycles. The van der Waals surface area contributed by atoms with E-state index in [0.717, 1.165) is 17.7 Å². The van der Waals surface area contributed by atoms with Gasteiger partial charge in [-0.25, -0.2) is 9.78 Å². The van der Waals surface area contributed by atoms with Crippen molar-refractivity contribution in [2.24, 2.45) is 0 Å². The van der Waals surface area contributed by atoms with Crippen LogP contribution < -0.4 is 5.32 Å².